The van der Waals surface area contributed by atoms with Gasteiger partial charge in [0.25, 0.3) is 0 Å². The first-order chi connectivity index (χ1) is 9.81. The van der Waals surface area contributed by atoms with Gasteiger partial charge in [-0.3, -0.25) is 0 Å². The van der Waals surface area contributed by atoms with E-state index in [0.29, 0.717) is 6.61 Å². The maximum Gasteiger partial charge on any atom is 0.130 e. The zero-order valence-corrected chi connectivity index (χ0v) is 10.7. The van der Waals surface area contributed by atoms with Gasteiger partial charge in [-0.05, 0) is 23.8 Å². The van der Waals surface area contributed by atoms with Crippen molar-refractivity contribution in [2.24, 2.45) is 0 Å². The van der Waals surface area contributed by atoms with Crippen molar-refractivity contribution in [3.05, 3.63) is 54.1 Å². The molecule has 0 radical (unpaired) electrons. The van der Waals surface area contributed by atoms with E-state index in [0.717, 1.165) is 17.9 Å². The summed E-state index contributed by atoms with van der Waals surface area (Å²) in [7, 11) is 0. The van der Waals surface area contributed by atoms with Crippen LogP contribution in [0.25, 0.3) is 6.08 Å². The van der Waals surface area contributed by atoms with Crippen molar-refractivity contribution in [2.75, 3.05) is 6.61 Å². The molecule has 0 atom stereocenters. The molecule has 0 unspecified atom stereocenters. The number of hydrogen-bond donors (Lipinski definition) is 0. The number of ether oxygens (including phenoxy) is 1. The molecule has 20 heavy (non-hydrogen) atoms. The summed E-state index contributed by atoms with van der Waals surface area (Å²) in [6.45, 7) is 1.28. The fourth-order valence-electron chi connectivity index (χ4n) is 1.60. The molecule has 0 saturated heterocycles. The van der Waals surface area contributed by atoms with E-state index < -0.39 is 0 Å². The minimum Gasteiger partial charge on any atom is -0.492 e. The number of allylic oxidation sites excluding steroid dienone is 1. The first kappa shape index (κ1) is 13.4. The Morgan fingerprint density at radius 3 is 2.60 bits per heavy atom. The predicted molar refractivity (Wildman–Crippen MR) is 73.4 cm³/mol. The van der Waals surface area contributed by atoms with E-state index in [-0.39, 0.29) is 5.57 Å². The van der Waals surface area contributed by atoms with Crippen LogP contribution in [0.15, 0.2) is 48.6 Å². The average molecular weight is 264 g/mol. The lowest BCUT2D eigenvalue weighted by atomic mass is 10.1. The highest BCUT2D eigenvalue weighted by molar-refractivity contribution is 5.62. The molecule has 5 heteroatoms. The SMILES string of the molecule is N#CC(C#N)=Cc1ccc(OCCn2ccnc2)cc1. The molecule has 0 aliphatic heterocycles. The van der Waals surface area contributed by atoms with E-state index >= 15 is 0 Å². The number of nitriles is 2. The summed E-state index contributed by atoms with van der Waals surface area (Å²) < 4.78 is 7.53. The summed E-state index contributed by atoms with van der Waals surface area (Å²) in [6.07, 6.45) is 6.88. The van der Waals surface area contributed by atoms with E-state index in [1.54, 1.807) is 24.7 Å². The molecular weight excluding hydrogens is 252 g/mol. The lowest BCUT2D eigenvalue weighted by molar-refractivity contribution is 0.298. The first-order valence-corrected chi connectivity index (χ1v) is 6.02. The number of imidazole rings is 1. The highest BCUT2D eigenvalue weighted by atomic mass is 16.5. The van der Waals surface area contributed by atoms with Gasteiger partial charge in [0.05, 0.1) is 12.9 Å². The third-order valence-electron chi connectivity index (χ3n) is 2.61. The van der Waals surface area contributed by atoms with Crippen molar-refractivity contribution in [3.63, 3.8) is 0 Å². The summed E-state index contributed by atoms with van der Waals surface area (Å²) in [5, 5.41) is 17.4. The lowest BCUT2D eigenvalue weighted by Crippen LogP contribution is -2.06. The Morgan fingerprint density at radius 1 is 1.25 bits per heavy atom. The molecular formula is C15H12N4O. The van der Waals surface area contributed by atoms with Crippen molar-refractivity contribution in [2.45, 2.75) is 6.54 Å². The Bertz CT molecular complexity index is 641. The fraction of sp³-hybridized carbons (Fsp3) is 0.133. The molecule has 98 valence electrons. The third kappa shape index (κ3) is 3.72. The van der Waals surface area contributed by atoms with Crippen LogP contribution in [0.2, 0.25) is 0 Å². The Kier molecular flexibility index (Phi) is 4.53. The van der Waals surface area contributed by atoms with Gasteiger partial charge in [0, 0.05) is 12.4 Å². The quantitative estimate of drug-likeness (QED) is 0.777. The molecule has 2 aromatic rings. The van der Waals surface area contributed by atoms with Gasteiger partial charge in [-0.15, -0.1) is 0 Å². The van der Waals surface area contributed by atoms with Crippen LogP contribution in [0.1, 0.15) is 5.56 Å². The second-order valence-electron chi connectivity index (χ2n) is 4.00. The molecule has 0 saturated carbocycles. The van der Waals surface area contributed by atoms with Crippen LogP contribution in [-0.2, 0) is 6.54 Å². The molecule has 0 aliphatic rings. The van der Waals surface area contributed by atoms with Gasteiger partial charge in [0.15, 0.2) is 0 Å². The van der Waals surface area contributed by atoms with Crippen molar-refractivity contribution >= 4 is 6.08 Å². The Morgan fingerprint density at radius 2 is 2.00 bits per heavy atom. The van der Waals surface area contributed by atoms with Gasteiger partial charge in [-0.1, -0.05) is 12.1 Å². The van der Waals surface area contributed by atoms with Gasteiger partial charge < -0.3 is 9.30 Å². The summed E-state index contributed by atoms with van der Waals surface area (Å²) in [4.78, 5) is 3.95. The fourth-order valence-corrected chi connectivity index (χ4v) is 1.60. The Hall–Kier alpha value is -3.05. The topological polar surface area (TPSA) is 74.6 Å². The van der Waals surface area contributed by atoms with Gasteiger partial charge >= 0.3 is 0 Å². The number of benzene rings is 1. The second-order valence-corrected chi connectivity index (χ2v) is 4.00. The van der Waals surface area contributed by atoms with Gasteiger partial charge in [-0.25, -0.2) is 4.98 Å². The lowest BCUT2D eigenvalue weighted by Gasteiger charge is -2.06. The highest BCUT2D eigenvalue weighted by Crippen LogP contribution is 2.14. The van der Waals surface area contributed by atoms with E-state index in [1.807, 2.05) is 35.0 Å². The first-order valence-electron chi connectivity index (χ1n) is 6.02. The molecule has 0 fully saturated rings. The van der Waals surface area contributed by atoms with Crippen molar-refractivity contribution in [1.29, 1.82) is 10.5 Å². The number of rotatable bonds is 5. The van der Waals surface area contributed by atoms with E-state index in [2.05, 4.69) is 4.98 Å². The predicted octanol–water partition coefficient (Wildman–Crippen LogP) is 2.39. The standard InChI is InChI=1S/C15H12N4O/c16-10-14(11-17)9-13-1-3-15(4-2-13)20-8-7-19-6-5-18-12-19/h1-6,9,12H,7-8H2. The largest absolute Gasteiger partial charge is 0.492 e. The average Bonchev–Trinajstić information content (AvgIpc) is 2.99. The van der Waals surface area contributed by atoms with Crippen LogP contribution < -0.4 is 4.74 Å². The molecule has 1 aromatic heterocycles. The Labute approximate surface area is 117 Å². The molecule has 0 spiro atoms. The Balaban J connectivity index is 1.90. The summed E-state index contributed by atoms with van der Waals surface area (Å²) in [5.74, 6) is 0.748. The zero-order chi connectivity index (χ0) is 14.2. The van der Waals surface area contributed by atoms with Crippen molar-refractivity contribution in [1.82, 2.24) is 9.55 Å². The van der Waals surface area contributed by atoms with Crippen molar-refractivity contribution < 1.29 is 4.74 Å². The number of aromatic nitrogens is 2. The molecule has 1 heterocycles. The summed E-state index contributed by atoms with van der Waals surface area (Å²) in [5.41, 5.74) is 0.879. The normalized spacial score (nSPS) is 9.30. The maximum absolute atomic E-state index is 8.68. The van der Waals surface area contributed by atoms with Crippen LogP contribution in [0, 0.1) is 22.7 Å². The maximum atomic E-state index is 8.68. The van der Waals surface area contributed by atoms with Gasteiger partial charge in [0.1, 0.15) is 30.1 Å². The molecule has 1 aromatic carbocycles. The van der Waals surface area contributed by atoms with Crippen LogP contribution >= 0.6 is 0 Å². The number of hydrogen-bond acceptors (Lipinski definition) is 4. The molecule has 5 nitrogen and oxygen atoms in total. The number of nitrogens with zero attached hydrogens (tertiary/aromatic N) is 4. The van der Waals surface area contributed by atoms with Crippen LogP contribution in [0.3, 0.4) is 0 Å². The molecule has 0 N–H and O–H groups in total. The van der Waals surface area contributed by atoms with Crippen molar-refractivity contribution in [3.8, 4) is 17.9 Å². The molecule has 0 bridgehead atoms. The monoisotopic (exact) mass is 264 g/mol. The smallest absolute Gasteiger partial charge is 0.130 e. The van der Waals surface area contributed by atoms with E-state index in [9.17, 15) is 0 Å². The minimum atomic E-state index is 0.0822. The summed E-state index contributed by atoms with van der Waals surface area (Å²) in [6, 6.07) is 10.9. The van der Waals surface area contributed by atoms with E-state index in [1.165, 1.54) is 6.08 Å². The second kappa shape index (κ2) is 6.77. The van der Waals surface area contributed by atoms with E-state index in [4.69, 9.17) is 15.3 Å². The summed E-state index contributed by atoms with van der Waals surface area (Å²) >= 11 is 0. The van der Waals surface area contributed by atoms with Crippen LogP contribution in [0.5, 0.6) is 5.75 Å². The minimum absolute atomic E-state index is 0.0822. The third-order valence-corrected chi connectivity index (χ3v) is 2.61. The molecule has 0 aliphatic carbocycles. The molecule has 0 amide bonds. The van der Waals surface area contributed by atoms with Crippen LogP contribution in [-0.4, -0.2) is 16.2 Å². The highest BCUT2D eigenvalue weighted by Gasteiger charge is 1.97. The molecule has 2 rings (SSSR count). The van der Waals surface area contributed by atoms with Gasteiger partial charge in [0.2, 0.25) is 0 Å². The van der Waals surface area contributed by atoms with Gasteiger partial charge in [-0.2, -0.15) is 10.5 Å². The van der Waals surface area contributed by atoms with Crippen LogP contribution in [0.4, 0.5) is 0 Å². The zero-order valence-electron chi connectivity index (χ0n) is 10.7.